The Labute approximate surface area is 150 Å². The molecule has 0 bridgehead atoms. The number of furan rings is 1. The molecule has 0 aliphatic heterocycles. The Morgan fingerprint density at radius 1 is 1.19 bits per heavy atom. The Morgan fingerprint density at radius 2 is 1.92 bits per heavy atom. The molecule has 1 aromatic heterocycles. The summed E-state index contributed by atoms with van der Waals surface area (Å²) in [7, 11) is 1.71. The first-order chi connectivity index (χ1) is 12.4. The molecule has 0 fully saturated rings. The minimum atomic E-state index is -2.85. The van der Waals surface area contributed by atoms with Crippen molar-refractivity contribution in [1.82, 2.24) is 4.90 Å². The third-order valence-electron chi connectivity index (χ3n) is 4.15. The van der Waals surface area contributed by atoms with Crippen molar-refractivity contribution in [1.29, 1.82) is 0 Å². The molecular formula is C20H19F2NO3. The minimum absolute atomic E-state index is 0.0545. The molecule has 0 radical (unpaired) electrons. The number of ether oxygens (including phenoxy) is 1. The van der Waals surface area contributed by atoms with Crippen LogP contribution in [-0.2, 0) is 17.8 Å². The van der Waals surface area contributed by atoms with Crippen molar-refractivity contribution in [2.24, 2.45) is 0 Å². The van der Waals surface area contributed by atoms with Gasteiger partial charge >= 0.3 is 6.61 Å². The Kier molecular flexibility index (Phi) is 5.21. The number of likely N-dealkylation sites (N-methyl/N-ethyl adjacent to an activating group) is 1. The molecule has 0 spiro atoms. The Morgan fingerprint density at radius 3 is 2.62 bits per heavy atom. The molecule has 0 aliphatic rings. The molecule has 1 amide bonds. The number of fused-ring (bicyclic) bond motifs is 1. The lowest BCUT2D eigenvalue weighted by molar-refractivity contribution is -0.129. The molecule has 0 N–H and O–H groups in total. The molecule has 0 saturated carbocycles. The zero-order valence-corrected chi connectivity index (χ0v) is 14.5. The average Bonchev–Trinajstić information content (AvgIpc) is 2.98. The van der Waals surface area contributed by atoms with Gasteiger partial charge in [0.1, 0.15) is 11.3 Å². The van der Waals surface area contributed by atoms with Gasteiger partial charge in [-0.05, 0) is 36.2 Å². The number of aryl methyl sites for hydroxylation is 1. The van der Waals surface area contributed by atoms with Gasteiger partial charge in [0.25, 0.3) is 0 Å². The molecule has 6 heteroatoms. The van der Waals surface area contributed by atoms with Crippen LogP contribution >= 0.6 is 0 Å². The van der Waals surface area contributed by atoms with E-state index in [1.807, 2.05) is 25.1 Å². The molecule has 26 heavy (non-hydrogen) atoms. The Balaban J connectivity index is 1.64. The zero-order chi connectivity index (χ0) is 18.7. The highest BCUT2D eigenvalue weighted by Crippen LogP contribution is 2.23. The summed E-state index contributed by atoms with van der Waals surface area (Å²) in [6.45, 7) is -0.486. The Hall–Kier alpha value is -2.89. The van der Waals surface area contributed by atoms with E-state index in [0.717, 1.165) is 27.7 Å². The lowest BCUT2D eigenvalue weighted by Gasteiger charge is -2.17. The minimum Gasteiger partial charge on any atom is -0.464 e. The highest BCUT2D eigenvalue weighted by atomic mass is 19.3. The van der Waals surface area contributed by atoms with E-state index in [0.29, 0.717) is 6.54 Å². The zero-order valence-electron chi connectivity index (χ0n) is 14.5. The molecule has 0 atom stereocenters. The number of amides is 1. The van der Waals surface area contributed by atoms with Crippen molar-refractivity contribution in [2.75, 3.05) is 7.05 Å². The topological polar surface area (TPSA) is 42.7 Å². The van der Waals surface area contributed by atoms with E-state index in [-0.39, 0.29) is 18.1 Å². The van der Waals surface area contributed by atoms with E-state index < -0.39 is 6.61 Å². The third-order valence-corrected chi connectivity index (χ3v) is 4.15. The van der Waals surface area contributed by atoms with Crippen LogP contribution in [0.4, 0.5) is 8.78 Å². The summed E-state index contributed by atoms with van der Waals surface area (Å²) in [5.74, 6) is 0.0408. The van der Waals surface area contributed by atoms with E-state index in [1.54, 1.807) is 30.3 Å². The second kappa shape index (κ2) is 7.56. The van der Waals surface area contributed by atoms with Gasteiger partial charge in [0.05, 0.1) is 12.7 Å². The lowest BCUT2D eigenvalue weighted by atomic mass is 10.1. The summed E-state index contributed by atoms with van der Waals surface area (Å²) in [4.78, 5) is 14.1. The Bertz CT molecular complexity index is 903. The SMILES string of the molecule is Cc1ccc2c(CC(=O)N(C)Cc3ccc(OC(F)F)cc3)coc2c1. The number of benzene rings is 2. The summed E-state index contributed by atoms with van der Waals surface area (Å²) in [6.07, 6.45) is 1.85. The molecule has 2 aromatic carbocycles. The van der Waals surface area contributed by atoms with Crippen LogP contribution in [0, 0.1) is 6.92 Å². The summed E-state index contributed by atoms with van der Waals surface area (Å²) in [6, 6.07) is 12.1. The molecule has 136 valence electrons. The number of halogens is 2. The van der Waals surface area contributed by atoms with Crippen LogP contribution in [0.3, 0.4) is 0 Å². The normalized spacial score (nSPS) is 11.1. The largest absolute Gasteiger partial charge is 0.464 e. The predicted octanol–water partition coefficient (Wildman–Crippen LogP) is 4.54. The van der Waals surface area contributed by atoms with Crippen LogP contribution in [-0.4, -0.2) is 24.5 Å². The van der Waals surface area contributed by atoms with Crippen LogP contribution in [0.1, 0.15) is 16.7 Å². The first-order valence-corrected chi connectivity index (χ1v) is 8.17. The number of carbonyl (C=O) groups excluding carboxylic acids is 1. The van der Waals surface area contributed by atoms with Crippen LogP contribution in [0.5, 0.6) is 5.75 Å². The quantitative estimate of drug-likeness (QED) is 0.649. The van der Waals surface area contributed by atoms with Crippen molar-refractivity contribution in [3.8, 4) is 5.75 Å². The van der Waals surface area contributed by atoms with Crippen molar-refractivity contribution in [3.63, 3.8) is 0 Å². The van der Waals surface area contributed by atoms with Crippen molar-refractivity contribution in [3.05, 3.63) is 65.4 Å². The summed E-state index contributed by atoms with van der Waals surface area (Å²) in [5, 5.41) is 0.936. The van der Waals surface area contributed by atoms with E-state index in [1.165, 1.54) is 12.1 Å². The fourth-order valence-electron chi connectivity index (χ4n) is 2.76. The van der Waals surface area contributed by atoms with Crippen LogP contribution in [0.2, 0.25) is 0 Å². The van der Waals surface area contributed by atoms with Gasteiger partial charge in [0, 0.05) is 24.5 Å². The first kappa shape index (κ1) is 17.9. The second-order valence-electron chi connectivity index (χ2n) is 6.21. The maximum atomic E-state index is 12.5. The number of nitrogens with zero attached hydrogens (tertiary/aromatic N) is 1. The average molecular weight is 359 g/mol. The van der Waals surface area contributed by atoms with E-state index in [2.05, 4.69) is 4.74 Å². The fourth-order valence-corrected chi connectivity index (χ4v) is 2.76. The second-order valence-corrected chi connectivity index (χ2v) is 6.21. The molecule has 0 saturated heterocycles. The molecule has 1 heterocycles. The maximum Gasteiger partial charge on any atom is 0.387 e. The van der Waals surface area contributed by atoms with Crippen molar-refractivity contribution in [2.45, 2.75) is 26.5 Å². The van der Waals surface area contributed by atoms with Gasteiger partial charge in [-0.25, -0.2) is 0 Å². The molecule has 3 rings (SSSR count). The number of hydrogen-bond donors (Lipinski definition) is 0. The highest BCUT2D eigenvalue weighted by molar-refractivity contribution is 5.87. The van der Waals surface area contributed by atoms with Gasteiger partial charge in [0.2, 0.25) is 5.91 Å². The summed E-state index contributed by atoms with van der Waals surface area (Å²) >= 11 is 0. The number of carbonyl (C=O) groups is 1. The van der Waals surface area contributed by atoms with Gasteiger partial charge in [-0.3, -0.25) is 4.79 Å². The highest BCUT2D eigenvalue weighted by Gasteiger charge is 2.14. The maximum absolute atomic E-state index is 12.5. The van der Waals surface area contributed by atoms with Crippen molar-refractivity contribution < 1.29 is 22.7 Å². The van der Waals surface area contributed by atoms with Crippen molar-refractivity contribution >= 4 is 16.9 Å². The summed E-state index contributed by atoms with van der Waals surface area (Å²) < 4.78 is 34.2. The van der Waals surface area contributed by atoms with Gasteiger partial charge in [-0.2, -0.15) is 8.78 Å². The van der Waals surface area contributed by atoms with Crippen LogP contribution in [0.25, 0.3) is 11.0 Å². The lowest BCUT2D eigenvalue weighted by Crippen LogP contribution is -2.27. The predicted molar refractivity (Wildman–Crippen MR) is 94.2 cm³/mol. The standard InChI is InChI=1S/C20H19F2NO3/c1-13-3-8-17-15(12-25-18(17)9-13)10-19(24)23(2)11-14-4-6-16(7-5-14)26-20(21)22/h3-9,12,20H,10-11H2,1-2H3. The molecule has 3 aromatic rings. The van der Waals surface area contributed by atoms with Gasteiger partial charge in [-0.15, -0.1) is 0 Å². The van der Waals surface area contributed by atoms with E-state index in [4.69, 9.17) is 4.42 Å². The van der Waals surface area contributed by atoms with Gasteiger partial charge in [0.15, 0.2) is 0 Å². The molecular weight excluding hydrogens is 340 g/mol. The number of alkyl halides is 2. The first-order valence-electron chi connectivity index (χ1n) is 8.17. The number of rotatable bonds is 6. The summed E-state index contributed by atoms with van der Waals surface area (Å²) in [5.41, 5.74) is 3.54. The van der Waals surface area contributed by atoms with Gasteiger partial charge in [-0.1, -0.05) is 24.3 Å². The van der Waals surface area contributed by atoms with E-state index in [9.17, 15) is 13.6 Å². The molecule has 0 unspecified atom stereocenters. The van der Waals surface area contributed by atoms with Crippen LogP contribution in [0.15, 0.2) is 53.1 Å². The van der Waals surface area contributed by atoms with Gasteiger partial charge < -0.3 is 14.1 Å². The fraction of sp³-hybridized carbons (Fsp3) is 0.250. The van der Waals surface area contributed by atoms with Crippen LogP contribution < -0.4 is 4.74 Å². The third kappa shape index (κ3) is 4.20. The monoisotopic (exact) mass is 359 g/mol. The smallest absolute Gasteiger partial charge is 0.387 e. The number of hydrogen-bond acceptors (Lipinski definition) is 3. The van der Waals surface area contributed by atoms with E-state index >= 15 is 0 Å². The molecule has 4 nitrogen and oxygen atoms in total. The molecule has 0 aliphatic carbocycles.